The molecule has 34 heavy (non-hydrogen) atoms. The molecule has 5 nitrogen and oxygen atoms in total. The lowest BCUT2D eigenvalue weighted by atomic mass is 9.99. The number of fused-ring (bicyclic) bond motifs is 1. The molecule has 4 aromatic rings. The van der Waals surface area contributed by atoms with Gasteiger partial charge in [0.15, 0.2) is 11.5 Å². The van der Waals surface area contributed by atoms with E-state index >= 15 is 0 Å². The first-order chi connectivity index (χ1) is 16.7. The van der Waals surface area contributed by atoms with Crippen LogP contribution in [0.4, 0.5) is 0 Å². The Balaban J connectivity index is 1.49. The zero-order valence-corrected chi connectivity index (χ0v) is 19.4. The van der Waals surface area contributed by atoms with Crippen LogP contribution in [0.5, 0.6) is 17.2 Å². The Bertz CT molecular complexity index is 1330. The van der Waals surface area contributed by atoms with E-state index in [9.17, 15) is 5.26 Å². The molecular formula is C28H22N2O3S. The lowest BCUT2D eigenvalue weighted by Gasteiger charge is -2.26. The number of nitrogens with zero attached hydrogens (tertiary/aromatic N) is 2. The molecule has 5 rings (SSSR count). The van der Waals surface area contributed by atoms with E-state index < -0.39 is 0 Å². The SMILES string of the molecule is COc1ccc(-c2cc(-c3ccccc3)nc(SCC3COc4ccccc4O3)c2C#N)cc1. The largest absolute Gasteiger partial charge is 0.497 e. The third-order valence-electron chi connectivity index (χ3n) is 5.54. The molecule has 0 N–H and O–H groups in total. The van der Waals surface area contributed by atoms with E-state index in [1.54, 1.807) is 7.11 Å². The number of thioether (sulfide) groups is 1. The Labute approximate surface area is 202 Å². The van der Waals surface area contributed by atoms with Gasteiger partial charge in [-0.3, -0.25) is 0 Å². The Morgan fingerprint density at radius 2 is 1.71 bits per heavy atom. The van der Waals surface area contributed by atoms with E-state index in [0.717, 1.165) is 39.6 Å². The number of aromatic nitrogens is 1. The summed E-state index contributed by atoms with van der Waals surface area (Å²) in [6.07, 6.45) is -0.141. The summed E-state index contributed by atoms with van der Waals surface area (Å²) >= 11 is 1.51. The van der Waals surface area contributed by atoms with Crippen LogP contribution in [0, 0.1) is 11.3 Å². The highest BCUT2D eigenvalue weighted by Gasteiger charge is 2.23. The molecule has 0 aliphatic carbocycles. The van der Waals surface area contributed by atoms with Crippen LogP contribution in [0.3, 0.4) is 0 Å². The normalized spacial score (nSPS) is 14.3. The smallest absolute Gasteiger partial charge is 0.161 e. The second-order valence-electron chi connectivity index (χ2n) is 7.75. The highest BCUT2D eigenvalue weighted by Crippen LogP contribution is 2.37. The maximum atomic E-state index is 10.1. The molecule has 1 aliphatic heterocycles. The van der Waals surface area contributed by atoms with Crippen molar-refractivity contribution < 1.29 is 14.2 Å². The summed E-state index contributed by atoms with van der Waals surface area (Å²) < 4.78 is 17.3. The van der Waals surface area contributed by atoms with Crippen LogP contribution < -0.4 is 14.2 Å². The van der Waals surface area contributed by atoms with Gasteiger partial charge in [-0.1, -0.05) is 54.6 Å². The van der Waals surface area contributed by atoms with Crippen molar-refractivity contribution in [2.45, 2.75) is 11.1 Å². The van der Waals surface area contributed by atoms with Gasteiger partial charge >= 0.3 is 0 Å². The number of methoxy groups -OCH3 is 1. The molecule has 0 spiro atoms. The highest BCUT2D eigenvalue weighted by atomic mass is 32.2. The molecule has 2 heterocycles. The maximum Gasteiger partial charge on any atom is 0.161 e. The molecule has 0 saturated carbocycles. The van der Waals surface area contributed by atoms with E-state index in [1.807, 2.05) is 84.9 Å². The molecule has 6 heteroatoms. The maximum absolute atomic E-state index is 10.1. The molecule has 168 valence electrons. The van der Waals surface area contributed by atoms with Crippen LogP contribution in [0.25, 0.3) is 22.4 Å². The molecule has 3 aromatic carbocycles. The van der Waals surface area contributed by atoms with Gasteiger partial charge in [0, 0.05) is 16.9 Å². The van der Waals surface area contributed by atoms with Gasteiger partial charge in [0.25, 0.3) is 0 Å². The zero-order valence-electron chi connectivity index (χ0n) is 18.6. The number of rotatable bonds is 6. The topological polar surface area (TPSA) is 64.4 Å². The van der Waals surface area contributed by atoms with Crippen LogP contribution in [0.2, 0.25) is 0 Å². The van der Waals surface area contributed by atoms with Gasteiger partial charge in [-0.15, -0.1) is 11.8 Å². The highest BCUT2D eigenvalue weighted by molar-refractivity contribution is 7.99. The van der Waals surface area contributed by atoms with E-state index in [1.165, 1.54) is 11.8 Å². The van der Waals surface area contributed by atoms with Crippen LogP contribution in [0.15, 0.2) is 90.0 Å². The average Bonchev–Trinajstić information content (AvgIpc) is 2.91. The van der Waals surface area contributed by atoms with E-state index in [2.05, 4.69) is 6.07 Å². The summed E-state index contributed by atoms with van der Waals surface area (Å²) in [6, 6.07) is 29.8. The molecule has 1 atom stereocenters. The van der Waals surface area contributed by atoms with Gasteiger partial charge < -0.3 is 14.2 Å². The second kappa shape index (κ2) is 9.90. The van der Waals surface area contributed by atoms with Gasteiger partial charge in [0.05, 0.1) is 18.4 Å². The Morgan fingerprint density at radius 1 is 0.971 bits per heavy atom. The number of benzene rings is 3. The summed E-state index contributed by atoms with van der Waals surface area (Å²) in [5, 5.41) is 10.8. The second-order valence-corrected chi connectivity index (χ2v) is 8.76. The van der Waals surface area contributed by atoms with Crippen molar-refractivity contribution in [1.82, 2.24) is 4.98 Å². The number of hydrogen-bond donors (Lipinski definition) is 0. The Morgan fingerprint density at radius 3 is 2.44 bits per heavy atom. The fourth-order valence-electron chi connectivity index (χ4n) is 3.81. The number of ether oxygens (including phenoxy) is 3. The molecule has 0 fully saturated rings. The number of para-hydroxylation sites is 2. The third-order valence-corrected chi connectivity index (χ3v) is 6.65. The predicted molar refractivity (Wildman–Crippen MR) is 133 cm³/mol. The van der Waals surface area contributed by atoms with Crippen LogP contribution >= 0.6 is 11.8 Å². The predicted octanol–water partition coefficient (Wildman–Crippen LogP) is 6.23. The van der Waals surface area contributed by atoms with Crippen molar-refractivity contribution in [3.63, 3.8) is 0 Å². The Hall–Kier alpha value is -3.95. The van der Waals surface area contributed by atoms with Gasteiger partial charge in [-0.2, -0.15) is 5.26 Å². The minimum absolute atomic E-state index is 0.141. The summed E-state index contributed by atoms with van der Waals surface area (Å²) in [7, 11) is 1.64. The minimum atomic E-state index is -0.141. The summed E-state index contributed by atoms with van der Waals surface area (Å²) in [6.45, 7) is 0.454. The molecule has 1 unspecified atom stereocenters. The van der Waals surface area contributed by atoms with E-state index in [4.69, 9.17) is 19.2 Å². The lowest BCUT2D eigenvalue weighted by Crippen LogP contribution is -2.31. The summed E-state index contributed by atoms with van der Waals surface area (Å²) in [5.41, 5.74) is 4.14. The zero-order chi connectivity index (χ0) is 23.3. The molecule has 0 bridgehead atoms. The van der Waals surface area contributed by atoms with Crippen molar-refractivity contribution in [3.05, 3.63) is 90.5 Å². The number of nitriles is 1. The van der Waals surface area contributed by atoms with Crippen LogP contribution in [-0.2, 0) is 0 Å². The fourth-order valence-corrected chi connectivity index (χ4v) is 4.78. The van der Waals surface area contributed by atoms with Crippen LogP contribution in [0.1, 0.15) is 5.56 Å². The standard InChI is InChI=1S/C28H22N2O3S/c1-31-21-13-11-19(12-14-21)23-15-25(20-7-3-2-4-8-20)30-28(24(23)16-29)34-18-22-17-32-26-9-5-6-10-27(26)33-22/h2-15,22H,17-18H2,1H3. The average molecular weight is 467 g/mol. The molecular weight excluding hydrogens is 444 g/mol. The molecule has 1 aliphatic rings. The van der Waals surface area contributed by atoms with Gasteiger partial charge in [0.1, 0.15) is 29.6 Å². The van der Waals surface area contributed by atoms with Gasteiger partial charge in [-0.25, -0.2) is 4.98 Å². The number of hydrogen-bond acceptors (Lipinski definition) is 6. The van der Waals surface area contributed by atoms with Crippen molar-refractivity contribution >= 4 is 11.8 Å². The monoisotopic (exact) mass is 466 g/mol. The summed E-state index contributed by atoms with van der Waals surface area (Å²) in [4.78, 5) is 4.88. The van der Waals surface area contributed by atoms with Crippen molar-refractivity contribution in [2.24, 2.45) is 0 Å². The van der Waals surface area contributed by atoms with E-state index in [0.29, 0.717) is 22.9 Å². The molecule has 1 aromatic heterocycles. The Kier molecular flexibility index (Phi) is 6.37. The fraction of sp³-hybridized carbons (Fsp3) is 0.143. The van der Waals surface area contributed by atoms with Crippen molar-refractivity contribution in [3.8, 4) is 45.7 Å². The minimum Gasteiger partial charge on any atom is -0.497 e. The van der Waals surface area contributed by atoms with E-state index in [-0.39, 0.29) is 6.10 Å². The number of pyridine rings is 1. The van der Waals surface area contributed by atoms with Gasteiger partial charge in [0.2, 0.25) is 0 Å². The lowest BCUT2D eigenvalue weighted by molar-refractivity contribution is 0.107. The first-order valence-electron chi connectivity index (χ1n) is 10.9. The summed E-state index contributed by atoms with van der Waals surface area (Å²) in [5.74, 6) is 2.87. The van der Waals surface area contributed by atoms with Gasteiger partial charge in [-0.05, 0) is 35.9 Å². The quantitative estimate of drug-likeness (QED) is 0.314. The first kappa shape index (κ1) is 21.9. The van der Waals surface area contributed by atoms with Crippen LogP contribution in [-0.4, -0.2) is 30.6 Å². The van der Waals surface area contributed by atoms with Crippen molar-refractivity contribution in [1.29, 1.82) is 5.26 Å². The molecule has 0 amide bonds. The molecule has 0 radical (unpaired) electrons. The first-order valence-corrected chi connectivity index (χ1v) is 11.9. The third kappa shape index (κ3) is 4.57. The molecule has 0 saturated heterocycles. The van der Waals surface area contributed by atoms with Crippen molar-refractivity contribution in [2.75, 3.05) is 19.5 Å².